The first kappa shape index (κ1) is 15.6. The standard InChI is InChI=1S/C19H24O2/c1-3-4-5-6-9-12-21-19-14-17(15(2)20)13-16-10-7-8-11-18(16)19/h7-8,10-11,13-14H,3-6,9,12H2,1-2H3. The Morgan fingerprint density at radius 3 is 2.57 bits per heavy atom. The van der Waals surface area contributed by atoms with Crippen LogP contribution in [-0.4, -0.2) is 12.4 Å². The lowest BCUT2D eigenvalue weighted by Crippen LogP contribution is -2.00. The smallest absolute Gasteiger partial charge is 0.159 e. The molecule has 0 atom stereocenters. The lowest BCUT2D eigenvalue weighted by molar-refractivity contribution is 0.101. The number of rotatable bonds is 8. The molecule has 112 valence electrons. The van der Waals surface area contributed by atoms with Gasteiger partial charge in [0.05, 0.1) is 6.61 Å². The number of unbranched alkanes of at least 4 members (excludes halogenated alkanes) is 4. The molecule has 0 amide bonds. The summed E-state index contributed by atoms with van der Waals surface area (Å²) >= 11 is 0. The first-order valence-electron chi connectivity index (χ1n) is 7.89. The highest BCUT2D eigenvalue weighted by Gasteiger charge is 2.07. The molecule has 0 unspecified atom stereocenters. The summed E-state index contributed by atoms with van der Waals surface area (Å²) in [5.41, 5.74) is 0.717. The minimum atomic E-state index is 0.0774. The van der Waals surface area contributed by atoms with Crippen molar-refractivity contribution in [1.29, 1.82) is 0 Å². The second-order valence-electron chi connectivity index (χ2n) is 5.51. The van der Waals surface area contributed by atoms with E-state index in [9.17, 15) is 4.79 Å². The third kappa shape index (κ3) is 4.32. The average Bonchev–Trinajstić information content (AvgIpc) is 2.50. The fourth-order valence-electron chi connectivity index (χ4n) is 2.49. The molecule has 0 saturated heterocycles. The zero-order chi connectivity index (χ0) is 15.1. The lowest BCUT2D eigenvalue weighted by atomic mass is 10.0. The molecular weight excluding hydrogens is 260 g/mol. The third-order valence-corrected chi connectivity index (χ3v) is 3.74. The van der Waals surface area contributed by atoms with E-state index in [0.29, 0.717) is 0 Å². The summed E-state index contributed by atoms with van der Waals surface area (Å²) in [5, 5.41) is 2.14. The fraction of sp³-hybridized carbons (Fsp3) is 0.421. The Hall–Kier alpha value is -1.83. The van der Waals surface area contributed by atoms with Crippen molar-refractivity contribution in [2.24, 2.45) is 0 Å². The highest BCUT2D eigenvalue weighted by molar-refractivity contribution is 6.00. The second-order valence-corrected chi connectivity index (χ2v) is 5.51. The van der Waals surface area contributed by atoms with Gasteiger partial charge in [-0.3, -0.25) is 4.79 Å². The maximum absolute atomic E-state index is 11.6. The van der Waals surface area contributed by atoms with E-state index in [2.05, 4.69) is 6.92 Å². The van der Waals surface area contributed by atoms with Crippen LogP contribution in [0.1, 0.15) is 56.3 Å². The number of benzene rings is 2. The topological polar surface area (TPSA) is 26.3 Å². The molecule has 0 aliphatic heterocycles. The van der Waals surface area contributed by atoms with Crippen LogP contribution in [0.3, 0.4) is 0 Å². The second kappa shape index (κ2) is 7.82. The van der Waals surface area contributed by atoms with Crippen LogP contribution in [0.25, 0.3) is 10.8 Å². The van der Waals surface area contributed by atoms with Crippen LogP contribution < -0.4 is 4.74 Å². The van der Waals surface area contributed by atoms with Crippen molar-refractivity contribution < 1.29 is 9.53 Å². The predicted molar refractivity (Wildman–Crippen MR) is 88.2 cm³/mol. The van der Waals surface area contributed by atoms with Crippen LogP contribution in [0.4, 0.5) is 0 Å². The Morgan fingerprint density at radius 1 is 1.05 bits per heavy atom. The summed E-state index contributed by atoms with van der Waals surface area (Å²) in [6.45, 7) is 4.53. The SMILES string of the molecule is CCCCCCCOc1cc(C(C)=O)cc2ccccc12. The van der Waals surface area contributed by atoms with E-state index >= 15 is 0 Å². The molecule has 2 aromatic carbocycles. The van der Waals surface area contributed by atoms with Gasteiger partial charge in [0.2, 0.25) is 0 Å². The van der Waals surface area contributed by atoms with Gasteiger partial charge in [-0.2, -0.15) is 0 Å². The molecule has 0 aromatic heterocycles. The van der Waals surface area contributed by atoms with Crippen LogP contribution in [0.15, 0.2) is 36.4 Å². The van der Waals surface area contributed by atoms with Crippen molar-refractivity contribution in [2.45, 2.75) is 46.0 Å². The Labute approximate surface area is 127 Å². The van der Waals surface area contributed by atoms with Crippen molar-refractivity contribution >= 4 is 16.6 Å². The Kier molecular flexibility index (Phi) is 5.79. The average molecular weight is 284 g/mol. The van der Waals surface area contributed by atoms with Gasteiger partial charge in [-0.15, -0.1) is 0 Å². The lowest BCUT2D eigenvalue weighted by Gasteiger charge is -2.11. The van der Waals surface area contributed by atoms with Crippen molar-refractivity contribution in [3.05, 3.63) is 42.0 Å². The van der Waals surface area contributed by atoms with Gasteiger partial charge in [-0.05, 0) is 30.9 Å². The number of carbonyl (C=O) groups is 1. The molecule has 0 fully saturated rings. The van der Waals surface area contributed by atoms with Gasteiger partial charge >= 0.3 is 0 Å². The van der Waals surface area contributed by atoms with Crippen molar-refractivity contribution in [3.8, 4) is 5.75 Å². The summed E-state index contributed by atoms with van der Waals surface area (Å²) in [4.78, 5) is 11.6. The number of hydrogen-bond donors (Lipinski definition) is 0. The first-order chi connectivity index (χ1) is 10.2. The zero-order valence-electron chi connectivity index (χ0n) is 13.0. The minimum absolute atomic E-state index is 0.0774. The van der Waals surface area contributed by atoms with Crippen molar-refractivity contribution in [3.63, 3.8) is 0 Å². The number of ketones is 1. The first-order valence-corrected chi connectivity index (χ1v) is 7.89. The molecule has 0 spiro atoms. The van der Waals surface area contributed by atoms with Crippen LogP contribution in [-0.2, 0) is 0 Å². The summed E-state index contributed by atoms with van der Waals surface area (Å²) in [6, 6.07) is 11.9. The fourth-order valence-corrected chi connectivity index (χ4v) is 2.49. The molecule has 0 aliphatic carbocycles. The molecule has 0 saturated carbocycles. The molecule has 2 nitrogen and oxygen atoms in total. The van der Waals surface area contributed by atoms with E-state index in [-0.39, 0.29) is 5.78 Å². The molecule has 0 heterocycles. The monoisotopic (exact) mass is 284 g/mol. The van der Waals surface area contributed by atoms with E-state index in [4.69, 9.17) is 4.74 Å². The maximum Gasteiger partial charge on any atom is 0.159 e. The quantitative estimate of drug-likeness (QED) is 0.480. The number of hydrogen-bond acceptors (Lipinski definition) is 2. The number of carbonyl (C=O) groups excluding carboxylic acids is 1. The summed E-state index contributed by atoms with van der Waals surface area (Å²) < 4.78 is 5.94. The van der Waals surface area contributed by atoms with E-state index < -0.39 is 0 Å². The normalized spacial score (nSPS) is 10.8. The molecular formula is C19H24O2. The third-order valence-electron chi connectivity index (χ3n) is 3.74. The van der Waals surface area contributed by atoms with E-state index in [1.54, 1.807) is 6.92 Å². The van der Waals surface area contributed by atoms with Gasteiger partial charge < -0.3 is 4.74 Å². The van der Waals surface area contributed by atoms with Gasteiger partial charge in [0.15, 0.2) is 5.78 Å². The number of ether oxygens (including phenoxy) is 1. The Balaban J connectivity index is 2.08. The highest BCUT2D eigenvalue weighted by Crippen LogP contribution is 2.28. The van der Waals surface area contributed by atoms with E-state index in [0.717, 1.165) is 35.1 Å². The predicted octanol–water partition coefficient (Wildman–Crippen LogP) is 5.39. The minimum Gasteiger partial charge on any atom is -0.493 e. The van der Waals surface area contributed by atoms with Gasteiger partial charge in [0.25, 0.3) is 0 Å². The summed E-state index contributed by atoms with van der Waals surface area (Å²) in [6.07, 6.45) is 6.10. The number of Topliss-reactive ketones (excluding diaryl/α,β-unsaturated/α-hetero) is 1. The van der Waals surface area contributed by atoms with Crippen LogP contribution in [0.2, 0.25) is 0 Å². The molecule has 21 heavy (non-hydrogen) atoms. The van der Waals surface area contributed by atoms with E-state index in [1.165, 1.54) is 25.7 Å². The molecule has 0 N–H and O–H groups in total. The van der Waals surface area contributed by atoms with Crippen molar-refractivity contribution in [2.75, 3.05) is 6.61 Å². The summed E-state index contributed by atoms with van der Waals surface area (Å²) in [7, 11) is 0. The molecule has 2 heteroatoms. The van der Waals surface area contributed by atoms with Crippen LogP contribution in [0.5, 0.6) is 5.75 Å². The van der Waals surface area contributed by atoms with Crippen LogP contribution >= 0.6 is 0 Å². The molecule has 2 rings (SSSR count). The van der Waals surface area contributed by atoms with Crippen LogP contribution in [0, 0.1) is 0 Å². The Bertz CT molecular complexity index is 602. The molecule has 0 aliphatic rings. The Morgan fingerprint density at radius 2 is 1.81 bits per heavy atom. The number of fused-ring (bicyclic) bond motifs is 1. The summed E-state index contributed by atoms with van der Waals surface area (Å²) in [5.74, 6) is 0.905. The maximum atomic E-state index is 11.6. The molecule has 0 radical (unpaired) electrons. The van der Waals surface area contributed by atoms with Gasteiger partial charge in [0, 0.05) is 10.9 Å². The molecule has 0 bridgehead atoms. The largest absolute Gasteiger partial charge is 0.493 e. The highest BCUT2D eigenvalue weighted by atomic mass is 16.5. The van der Waals surface area contributed by atoms with Gasteiger partial charge in [0.1, 0.15) is 5.75 Å². The van der Waals surface area contributed by atoms with Crippen molar-refractivity contribution in [1.82, 2.24) is 0 Å². The van der Waals surface area contributed by atoms with Gasteiger partial charge in [-0.1, -0.05) is 56.9 Å². The van der Waals surface area contributed by atoms with E-state index in [1.807, 2.05) is 36.4 Å². The zero-order valence-corrected chi connectivity index (χ0v) is 13.0. The molecule has 2 aromatic rings. The van der Waals surface area contributed by atoms with Gasteiger partial charge in [-0.25, -0.2) is 0 Å².